The molecule has 0 heterocycles. The third kappa shape index (κ3) is 5.39. The van der Waals surface area contributed by atoms with Crippen molar-refractivity contribution >= 4 is 11.7 Å². The third-order valence-corrected chi connectivity index (χ3v) is 2.02. The average molecular weight is 185 g/mol. The molecule has 0 fully saturated rings. The van der Waals surface area contributed by atoms with Crippen molar-refractivity contribution in [2.24, 2.45) is 5.92 Å². The van der Waals surface area contributed by atoms with Crippen LogP contribution < -0.4 is 5.32 Å². The minimum absolute atomic E-state index is 0.00171. The van der Waals surface area contributed by atoms with Crippen LogP contribution in [-0.2, 0) is 9.59 Å². The molecule has 0 radical (unpaired) electrons. The molecule has 3 heteroatoms. The first-order valence-corrected chi connectivity index (χ1v) is 4.54. The first kappa shape index (κ1) is 12.1. The summed E-state index contributed by atoms with van der Waals surface area (Å²) >= 11 is 0. The van der Waals surface area contributed by atoms with E-state index in [4.69, 9.17) is 0 Å². The van der Waals surface area contributed by atoms with Crippen LogP contribution in [0.25, 0.3) is 0 Å². The van der Waals surface area contributed by atoms with Crippen molar-refractivity contribution in [2.75, 3.05) is 0 Å². The molecule has 0 aromatic carbocycles. The normalized spacial score (nSPS) is 13.6. The highest BCUT2D eigenvalue weighted by atomic mass is 16.1. The van der Waals surface area contributed by atoms with Gasteiger partial charge in [-0.1, -0.05) is 6.92 Å². The summed E-state index contributed by atoms with van der Waals surface area (Å²) in [6, 6.07) is 0. The molecule has 76 valence electrons. The van der Waals surface area contributed by atoms with E-state index in [2.05, 4.69) is 5.32 Å². The van der Waals surface area contributed by atoms with Crippen molar-refractivity contribution in [3.63, 3.8) is 0 Å². The fraction of sp³-hybridized carbons (Fsp3) is 0.800. The largest absolute Gasteiger partial charge is 0.351 e. The van der Waals surface area contributed by atoms with Gasteiger partial charge in [0.15, 0.2) is 0 Å². The molecule has 0 aliphatic rings. The molecular weight excluding hydrogens is 166 g/mol. The van der Waals surface area contributed by atoms with Crippen LogP contribution in [0.2, 0.25) is 0 Å². The second-order valence-electron chi connectivity index (χ2n) is 4.28. The van der Waals surface area contributed by atoms with E-state index in [0.717, 1.165) is 0 Å². The fourth-order valence-corrected chi connectivity index (χ4v) is 1.44. The summed E-state index contributed by atoms with van der Waals surface area (Å²) in [5.74, 6) is 0.112. The quantitative estimate of drug-likeness (QED) is 0.721. The number of Topliss-reactive ketones (excluding diaryl/α,β-unsaturated/α-hetero) is 1. The van der Waals surface area contributed by atoms with Gasteiger partial charge in [0.1, 0.15) is 5.78 Å². The number of carbonyl (C=O) groups is 2. The summed E-state index contributed by atoms with van der Waals surface area (Å²) in [6.45, 7) is 8.79. The Kier molecular flexibility index (Phi) is 4.11. The summed E-state index contributed by atoms with van der Waals surface area (Å²) in [4.78, 5) is 21.8. The number of rotatable bonds is 4. The van der Waals surface area contributed by atoms with Crippen molar-refractivity contribution in [1.82, 2.24) is 5.32 Å². The SMILES string of the molecule is CC(=O)NC(C)(C)CC(C)C(C)=O. The standard InChI is InChI=1S/C10H19NO2/c1-7(8(2)12)6-10(4,5)11-9(3)13/h7H,6H2,1-5H3,(H,11,13). The van der Waals surface area contributed by atoms with Gasteiger partial charge in [0.2, 0.25) is 5.91 Å². The number of carbonyl (C=O) groups excluding carboxylic acids is 2. The van der Waals surface area contributed by atoms with Gasteiger partial charge >= 0.3 is 0 Å². The van der Waals surface area contributed by atoms with Gasteiger partial charge in [0, 0.05) is 18.4 Å². The highest BCUT2D eigenvalue weighted by Gasteiger charge is 2.23. The Labute approximate surface area is 79.9 Å². The number of amides is 1. The lowest BCUT2D eigenvalue weighted by molar-refractivity contribution is -0.123. The molecule has 13 heavy (non-hydrogen) atoms. The predicted molar refractivity (Wildman–Crippen MR) is 52.4 cm³/mol. The van der Waals surface area contributed by atoms with E-state index >= 15 is 0 Å². The van der Waals surface area contributed by atoms with Crippen molar-refractivity contribution in [2.45, 2.75) is 46.6 Å². The monoisotopic (exact) mass is 185 g/mol. The second kappa shape index (κ2) is 4.40. The first-order chi connectivity index (χ1) is 5.74. The zero-order chi connectivity index (χ0) is 10.6. The van der Waals surface area contributed by atoms with E-state index in [1.807, 2.05) is 20.8 Å². The fourth-order valence-electron chi connectivity index (χ4n) is 1.44. The molecule has 0 aromatic rings. The lowest BCUT2D eigenvalue weighted by Gasteiger charge is -2.27. The molecule has 0 aliphatic heterocycles. The average Bonchev–Trinajstić information content (AvgIpc) is 1.81. The molecule has 1 unspecified atom stereocenters. The zero-order valence-corrected chi connectivity index (χ0v) is 9.10. The van der Waals surface area contributed by atoms with Crippen molar-refractivity contribution in [3.8, 4) is 0 Å². The van der Waals surface area contributed by atoms with E-state index in [1.165, 1.54) is 6.92 Å². The highest BCUT2D eigenvalue weighted by Crippen LogP contribution is 2.16. The Morgan fingerprint density at radius 3 is 2.08 bits per heavy atom. The van der Waals surface area contributed by atoms with E-state index in [1.54, 1.807) is 6.92 Å². The second-order valence-corrected chi connectivity index (χ2v) is 4.28. The maximum Gasteiger partial charge on any atom is 0.217 e. The van der Waals surface area contributed by atoms with Crippen LogP contribution in [0.15, 0.2) is 0 Å². The molecule has 0 aliphatic carbocycles. The van der Waals surface area contributed by atoms with E-state index in [0.29, 0.717) is 6.42 Å². The van der Waals surface area contributed by atoms with Crippen LogP contribution in [0.1, 0.15) is 41.0 Å². The predicted octanol–water partition coefficient (Wildman–Crippen LogP) is 1.52. The van der Waals surface area contributed by atoms with Crippen LogP contribution in [-0.4, -0.2) is 17.2 Å². The van der Waals surface area contributed by atoms with E-state index < -0.39 is 0 Å². The lowest BCUT2D eigenvalue weighted by Crippen LogP contribution is -2.44. The van der Waals surface area contributed by atoms with Crippen molar-refractivity contribution < 1.29 is 9.59 Å². The van der Waals surface area contributed by atoms with Gasteiger partial charge in [-0.25, -0.2) is 0 Å². The number of hydrogen-bond donors (Lipinski definition) is 1. The van der Waals surface area contributed by atoms with Gasteiger partial charge in [-0.3, -0.25) is 9.59 Å². The number of hydrogen-bond acceptors (Lipinski definition) is 2. The number of ketones is 1. The molecule has 0 saturated heterocycles. The minimum atomic E-state index is -0.295. The van der Waals surface area contributed by atoms with Gasteiger partial charge in [-0.2, -0.15) is 0 Å². The van der Waals surface area contributed by atoms with Gasteiger partial charge < -0.3 is 5.32 Å². The van der Waals surface area contributed by atoms with E-state index in [-0.39, 0.29) is 23.1 Å². The van der Waals surface area contributed by atoms with Crippen LogP contribution >= 0.6 is 0 Å². The number of nitrogens with one attached hydrogen (secondary N) is 1. The van der Waals surface area contributed by atoms with Gasteiger partial charge in [0.25, 0.3) is 0 Å². The zero-order valence-electron chi connectivity index (χ0n) is 9.10. The molecule has 1 atom stereocenters. The summed E-state index contributed by atoms with van der Waals surface area (Å²) in [6.07, 6.45) is 0.682. The molecule has 1 amide bonds. The Bertz CT molecular complexity index is 209. The topological polar surface area (TPSA) is 46.2 Å². The molecule has 3 nitrogen and oxygen atoms in total. The summed E-state index contributed by atoms with van der Waals surface area (Å²) in [5, 5.41) is 2.81. The molecule has 0 bridgehead atoms. The maximum absolute atomic E-state index is 11.0. The Balaban J connectivity index is 4.16. The maximum atomic E-state index is 11.0. The van der Waals surface area contributed by atoms with Crippen LogP contribution in [0.5, 0.6) is 0 Å². The van der Waals surface area contributed by atoms with Crippen LogP contribution in [0.3, 0.4) is 0 Å². The Morgan fingerprint density at radius 1 is 1.31 bits per heavy atom. The Hall–Kier alpha value is -0.860. The molecule has 1 N–H and O–H groups in total. The minimum Gasteiger partial charge on any atom is -0.351 e. The molecule has 0 rings (SSSR count). The third-order valence-electron chi connectivity index (χ3n) is 2.02. The highest BCUT2D eigenvalue weighted by molar-refractivity contribution is 5.78. The van der Waals surface area contributed by atoms with Crippen LogP contribution in [0.4, 0.5) is 0 Å². The smallest absolute Gasteiger partial charge is 0.217 e. The lowest BCUT2D eigenvalue weighted by atomic mass is 9.89. The molecule has 0 spiro atoms. The van der Waals surface area contributed by atoms with Crippen molar-refractivity contribution in [3.05, 3.63) is 0 Å². The van der Waals surface area contributed by atoms with Gasteiger partial charge in [-0.15, -0.1) is 0 Å². The summed E-state index contributed by atoms with van der Waals surface area (Å²) < 4.78 is 0. The Morgan fingerprint density at radius 2 is 1.77 bits per heavy atom. The van der Waals surface area contributed by atoms with Crippen molar-refractivity contribution in [1.29, 1.82) is 0 Å². The van der Waals surface area contributed by atoms with Gasteiger partial charge in [-0.05, 0) is 27.2 Å². The van der Waals surface area contributed by atoms with E-state index in [9.17, 15) is 9.59 Å². The van der Waals surface area contributed by atoms with Gasteiger partial charge in [0.05, 0.1) is 0 Å². The summed E-state index contributed by atoms with van der Waals surface area (Å²) in [7, 11) is 0. The molecular formula is C10H19NO2. The molecule has 0 aromatic heterocycles. The first-order valence-electron chi connectivity index (χ1n) is 4.54. The summed E-state index contributed by atoms with van der Waals surface area (Å²) in [5.41, 5.74) is -0.295. The van der Waals surface area contributed by atoms with Crippen LogP contribution in [0, 0.1) is 5.92 Å². The molecule has 0 saturated carbocycles.